The van der Waals surface area contributed by atoms with Crippen LogP contribution in [0.3, 0.4) is 0 Å². The molecule has 6 nitrogen and oxygen atoms in total. The van der Waals surface area contributed by atoms with E-state index in [1.807, 2.05) is 11.0 Å². The Bertz CT molecular complexity index is 538. The Morgan fingerprint density at radius 1 is 1.50 bits per heavy atom. The van der Waals surface area contributed by atoms with Gasteiger partial charge in [0.1, 0.15) is 5.82 Å². The van der Waals surface area contributed by atoms with Gasteiger partial charge in [-0.25, -0.2) is 4.39 Å². The quantitative estimate of drug-likeness (QED) is 0.668. The minimum atomic E-state index is -0.526. The number of hydrogen-bond acceptors (Lipinski definition) is 5. The van der Waals surface area contributed by atoms with E-state index in [0.29, 0.717) is 13.1 Å². The van der Waals surface area contributed by atoms with E-state index in [4.69, 9.17) is 5.26 Å². The largest absolute Gasteiger partial charge is 0.314 e. The Hall–Kier alpha value is -2.04. The molecule has 1 aliphatic rings. The van der Waals surface area contributed by atoms with Gasteiger partial charge in [-0.2, -0.15) is 5.26 Å². The highest BCUT2D eigenvalue weighted by Crippen LogP contribution is 2.32. The van der Waals surface area contributed by atoms with Gasteiger partial charge in [-0.15, -0.1) is 0 Å². The molecule has 0 radical (unpaired) electrons. The molecule has 2 rings (SSSR count). The summed E-state index contributed by atoms with van der Waals surface area (Å²) in [5, 5.41) is 23.2. The number of nitriles is 1. The van der Waals surface area contributed by atoms with E-state index >= 15 is 0 Å². The molecule has 0 bridgehead atoms. The van der Waals surface area contributed by atoms with Crippen LogP contribution in [-0.4, -0.2) is 36.0 Å². The maximum atomic E-state index is 13.4. The Labute approximate surface area is 116 Å². The van der Waals surface area contributed by atoms with Crippen molar-refractivity contribution < 1.29 is 9.31 Å². The number of nitro benzene ring substituents is 1. The second-order valence-electron chi connectivity index (χ2n) is 4.62. The van der Waals surface area contributed by atoms with Crippen molar-refractivity contribution in [3.8, 4) is 6.07 Å². The van der Waals surface area contributed by atoms with Gasteiger partial charge in [0.05, 0.1) is 29.0 Å². The molecule has 1 fully saturated rings. The third-order valence-electron chi connectivity index (χ3n) is 3.42. The lowest BCUT2D eigenvalue weighted by molar-refractivity contribution is -0.386. The fourth-order valence-corrected chi connectivity index (χ4v) is 2.47. The normalized spacial score (nSPS) is 17.4. The number of halogens is 1. The van der Waals surface area contributed by atoms with E-state index in [-0.39, 0.29) is 17.7 Å². The Morgan fingerprint density at radius 3 is 2.80 bits per heavy atom. The maximum absolute atomic E-state index is 13.4. The van der Waals surface area contributed by atoms with E-state index in [2.05, 4.69) is 5.32 Å². The first kappa shape index (κ1) is 14.4. The summed E-state index contributed by atoms with van der Waals surface area (Å²) in [7, 11) is 0. The molecular formula is C13H15FN4O2. The number of nitrogens with one attached hydrogen (secondary N) is 1. The Balaban J connectivity index is 2.39. The number of hydrogen-bond donors (Lipinski definition) is 1. The van der Waals surface area contributed by atoms with Gasteiger partial charge < -0.3 is 5.32 Å². The summed E-state index contributed by atoms with van der Waals surface area (Å²) in [6.45, 7) is 2.87. The number of nitrogens with zero attached hydrogens (tertiary/aromatic N) is 3. The lowest BCUT2D eigenvalue weighted by Gasteiger charge is -2.33. The first-order valence-corrected chi connectivity index (χ1v) is 6.39. The topological polar surface area (TPSA) is 82.2 Å². The van der Waals surface area contributed by atoms with Crippen LogP contribution in [0.1, 0.15) is 18.0 Å². The molecule has 20 heavy (non-hydrogen) atoms. The lowest BCUT2D eigenvalue weighted by Crippen LogP contribution is -2.45. The highest BCUT2D eigenvalue weighted by Gasteiger charge is 2.28. The number of benzene rings is 1. The standard InChI is InChI=1S/C13H15FN4O2/c14-10-1-2-13(18(19)20)11(9-10)12(3-4-15)17-7-5-16-6-8-17/h1-2,9,12,16H,3,5-8H2/t12-/m1/s1. The van der Waals surface area contributed by atoms with Crippen LogP contribution >= 0.6 is 0 Å². The smallest absolute Gasteiger partial charge is 0.274 e. The van der Waals surface area contributed by atoms with Crippen molar-refractivity contribution in [1.29, 1.82) is 5.26 Å². The van der Waals surface area contributed by atoms with Gasteiger partial charge in [-0.05, 0) is 12.1 Å². The van der Waals surface area contributed by atoms with E-state index in [9.17, 15) is 14.5 Å². The lowest BCUT2D eigenvalue weighted by atomic mass is 9.99. The first-order chi connectivity index (χ1) is 9.63. The third-order valence-corrected chi connectivity index (χ3v) is 3.42. The van der Waals surface area contributed by atoms with Gasteiger partial charge in [0.15, 0.2) is 0 Å². The van der Waals surface area contributed by atoms with Crippen LogP contribution in [0.15, 0.2) is 18.2 Å². The predicted molar refractivity (Wildman–Crippen MR) is 70.5 cm³/mol. The SMILES string of the molecule is N#CC[C@H](c1cc(F)ccc1[N+](=O)[O-])N1CCNCC1. The van der Waals surface area contributed by atoms with E-state index in [1.54, 1.807) is 0 Å². The van der Waals surface area contributed by atoms with E-state index < -0.39 is 16.8 Å². The monoisotopic (exact) mass is 278 g/mol. The fraction of sp³-hybridized carbons (Fsp3) is 0.462. The molecule has 1 aliphatic heterocycles. The molecule has 1 saturated heterocycles. The van der Waals surface area contributed by atoms with Gasteiger partial charge >= 0.3 is 0 Å². The van der Waals surface area contributed by atoms with Crippen LogP contribution in [0, 0.1) is 27.3 Å². The molecule has 1 atom stereocenters. The average Bonchev–Trinajstić information content (AvgIpc) is 2.45. The predicted octanol–water partition coefficient (Wildman–Crippen LogP) is 1.59. The van der Waals surface area contributed by atoms with Gasteiger partial charge in [0.2, 0.25) is 0 Å². The molecule has 0 aliphatic carbocycles. The van der Waals surface area contributed by atoms with Crippen molar-refractivity contribution in [2.45, 2.75) is 12.5 Å². The van der Waals surface area contributed by atoms with Crippen molar-refractivity contribution in [1.82, 2.24) is 10.2 Å². The zero-order chi connectivity index (χ0) is 14.5. The van der Waals surface area contributed by atoms with Crippen LogP contribution in [0.5, 0.6) is 0 Å². The molecular weight excluding hydrogens is 263 g/mol. The Morgan fingerprint density at radius 2 is 2.20 bits per heavy atom. The first-order valence-electron chi connectivity index (χ1n) is 6.39. The van der Waals surface area contributed by atoms with Gasteiger partial charge in [0, 0.05) is 32.2 Å². The minimum Gasteiger partial charge on any atom is -0.314 e. The van der Waals surface area contributed by atoms with Crippen molar-refractivity contribution in [2.75, 3.05) is 26.2 Å². The molecule has 106 valence electrons. The fourth-order valence-electron chi connectivity index (χ4n) is 2.47. The summed E-state index contributed by atoms with van der Waals surface area (Å²) in [6.07, 6.45) is 0.101. The van der Waals surface area contributed by atoms with Crippen molar-refractivity contribution in [3.05, 3.63) is 39.7 Å². The Kier molecular flexibility index (Phi) is 4.61. The summed E-state index contributed by atoms with van der Waals surface area (Å²) in [6, 6.07) is 5.00. The molecule has 1 N–H and O–H groups in total. The van der Waals surface area contributed by atoms with Crippen LogP contribution in [0.2, 0.25) is 0 Å². The minimum absolute atomic E-state index is 0.101. The van der Waals surface area contributed by atoms with Crippen molar-refractivity contribution >= 4 is 5.69 Å². The van der Waals surface area contributed by atoms with Crippen LogP contribution < -0.4 is 5.32 Å². The van der Waals surface area contributed by atoms with Gasteiger partial charge in [0.25, 0.3) is 5.69 Å². The average molecular weight is 278 g/mol. The summed E-state index contributed by atoms with van der Waals surface area (Å²) in [5.41, 5.74) is 0.142. The maximum Gasteiger partial charge on any atom is 0.274 e. The van der Waals surface area contributed by atoms with Crippen molar-refractivity contribution in [3.63, 3.8) is 0 Å². The molecule has 0 saturated carbocycles. The zero-order valence-electron chi connectivity index (χ0n) is 10.9. The second kappa shape index (κ2) is 6.41. The van der Waals surface area contributed by atoms with E-state index in [0.717, 1.165) is 25.2 Å². The molecule has 1 heterocycles. The van der Waals surface area contributed by atoms with E-state index in [1.165, 1.54) is 6.07 Å². The van der Waals surface area contributed by atoms with Crippen LogP contribution in [0.4, 0.5) is 10.1 Å². The van der Waals surface area contributed by atoms with Gasteiger partial charge in [-0.3, -0.25) is 15.0 Å². The molecule has 0 spiro atoms. The number of nitro groups is 1. The second-order valence-corrected chi connectivity index (χ2v) is 4.62. The summed E-state index contributed by atoms with van der Waals surface area (Å²) in [4.78, 5) is 12.6. The number of piperazine rings is 1. The molecule has 0 amide bonds. The highest BCUT2D eigenvalue weighted by atomic mass is 19.1. The zero-order valence-corrected chi connectivity index (χ0v) is 10.9. The summed E-state index contributed by atoms with van der Waals surface area (Å²) < 4.78 is 13.4. The van der Waals surface area contributed by atoms with Crippen LogP contribution in [-0.2, 0) is 0 Å². The summed E-state index contributed by atoms with van der Waals surface area (Å²) in [5.74, 6) is -0.524. The van der Waals surface area contributed by atoms with Crippen molar-refractivity contribution in [2.24, 2.45) is 0 Å². The van der Waals surface area contributed by atoms with Gasteiger partial charge in [-0.1, -0.05) is 0 Å². The van der Waals surface area contributed by atoms with Crippen LogP contribution in [0.25, 0.3) is 0 Å². The molecule has 0 unspecified atom stereocenters. The summed E-state index contributed by atoms with van der Waals surface area (Å²) >= 11 is 0. The molecule has 0 aromatic heterocycles. The molecule has 1 aromatic carbocycles. The number of rotatable bonds is 4. The molecule has 1 aromatic rings. The third kappa shape index (κ3) is 3.10. The molecule has 7 heteroatoms. The highest BCUT2D eigenvalue weighted by molar-refractivity contribution is 5.43.